The summed E-state index contributed by atoms with van der Waals surface area (Å²) in [6, 6.07) is 0. The third kappa shape index (κ3) is 5.05. The third-order valence-corrected chi connectivity index (χ3v) is 1.78. The first kappa shape index (κ1) is 13.1. The predicted molar refractivity (Wildman–Crippen MR) is 61.7 cm³/mol. The number of nitrogens with zero attached hydrogens (tertiary/aromatic N) is 2. The van der Waals surface area contributed by atoms with Crippen LogP contribution in [-0.4, -0.2) is 35.4 Å². The van der Waals surface area contributed by atoms with E-state index in [1.165, 1.54) is 12.4 Å². The summed E-state index contributed by atoms with van der Waals surface area (Å²) in [7, 11) is 0. The van der Waals surface area contributed by atoms with Gasteiger partial charge in [0.1, 0.15) is 6.54 Å². The Labute approximate surface area is 99.4 Å². The molecule has 0 amide bonds. The summed E-state index contributed by atoms with van der Waals surface area (Å²) in [5, 5.41) is 2.71. The number of aldehydes is 1. The quantitative estimate of drug-likeness (QED) is 0.584. The number of rotatable bonds is 6. The maximum Gasteiger partial charge on any atom is 0.325 e. The van der Waals surface area contributed by atoms with E-state index in [-0.39, 0.29) is 18.5 Å². The van der Waals surface area contributed by atoms with Gasteiger partial charge >= 0.3 is 5.97 Å². The molecule has 0 aliphatic heterocycles. The highest BCUT2D eigenvalue weighted by Crippen LogP contribution is 1.98. The van der Waals surface area contributed by atoms with Crippen LogP contribution in [0.3, 0.4) is 0 Å². The van der Waals surface area contributed by atoms with Crippen molar-refractivity contribution in [1.82, 2.24) is 9.97 Å². The Morgan fingerprint density at radius 3 is 2.65 bits per heavy atom. The van der Waals surface area contributed by atoms with Crippen molar-refractivity contribution in [2.24, 2.45) is 5.92 Å². The Morgan fingerprint density at radius 1 is 1.47 bits per heavy atom. The molecule has 1 N–H and O–H groups in total. The van der Waals surface area contributed by atoms with Crippen molar-refractivity contribution in [3.05, 3.63) is 18.0 Å². The number of hydrogen-bond donors (Lipinski definition) is 1. The lowest BCUT2D eigenvalue weighted by atomic mass is 10.2. The molecule has 0 unspecified atom stereocenters. The topological polar surface area (TPSA) is 81.2 Å². The van der Waals surface area contributed by atoms with Gasteiger partial charge in [-0.1, -0.05) is 13.8 Å². The van der Waals surface area contributed by atoms with Crippen LogP contribution in [0, 0.1) is 5.92 Å². The summed E-state index contributed by atoms with van der Waals surface area (Å²) in [6.45, 7) is 4.32. The SMILES string of the molecule is CC(C)COC(=O)CNc1ncc(C=O)cn1. The van der Waals surface area contributed by atoms with Gasteiger partial charge in [0.15, 0.2) is 6.29 Å². The third-order valence-electron chi connectivity index (χ3n) is 1.78. The summed E-state index contributed by atoms with van der Waals surface area (Å²) < 4.78 is 4.96. The first-order valence-corrected chi connectivity index (χ1v) is 5.28. The molecule has 0 aromatic carbocycles. The van der Waals surface area contributed by atoms with E-state index in [1.807, 2.05) is 13.8 Å². The van der Waals surface area contributed by atoms with E-state index in [4.69, 9.17) is 4.74 Å². The molecule has 0 saturated carbocycles. The maximum absolute atomic E-state index is 11.2. The molecule has 0 bridgehead atoms. The largest absolute Gasteiger partial charge is 0.464 e. The van der Waals surface area contributed by atoms with Crippen LogP contribution in [0.2, 0.25) is 0 Å². The number of esters is 1. The number of ether oxygens (including phenoxy) is 1. The number of anilines is 1. The summed E-state index contributed by atoms with van der Waals surface area (Å²) in [5.74, 6) is 0.237. The molecule has 1 heterocycles. The zero-order valence-corrected chi connectivity index (χ0v) is 9.84. The second-order valence-corrected chi connectivity index (χ2v) is 3.89. The van der Waals surface area contributed by atoms with Crippen LogP contribution in [0.1, 0.15) is 24.2 Å². The first-order chi connectivity index (χ1) is 8.11. The Morgan fingerprint density at radius 2 is 2.12 bits per heavy atom. The molecular weight excluding hydrogens is 222 g/mol. The molecular formula is C11H15N3O3. The first-order valence-electron chi connectivity index (χ1n) is 5.28. The van der Waals surface area contributed by atoms with Crippen molar-refractivity contribution >= 4 is 18.2 Å². The molecule has 6 heteroatoms. The summed E-state index contributed by atoms with van der Waals surface area (Å²) in [5.41, 5.74) is 0.387. The minimum atomic E-state index is -0.359. The molecule has 1 aromatic rings. The maximum atomic E-state index is 11.2. The average Bonchev–Trinajstić information content (AvgIpc) is 2.34. The summed E-state index contributed by atoms with van der Waals surface area (Å²) >= 11 is 0. The van der Waals surface area contributed by atoms with Gasteiger partial charge in [0.25, 0.3) is 0 Å². The molecule has 6 nitrogen and oxygen atoms in total. The van der Waals surface area contributed by atoms with E-state index < -0.39 is 0 Å². The normalized spacial score (nSPS) is 10.1. The number of aromatic nitrogens is 2. The molecule has 17 heavy (non-hydrogen) atoms. The zero-order valence-electron chi connectivity index (χ0n) is 9.84. The fraction of sp³-hybridized carbons (Fsp3) is 0.455. The Balaban J connectivity index is 2.34. The van der Waals surface area contributed by atoms with Crippen molar-refractivity contribution < 1.29 is 14.3 Å². The van der Waals surface area contributed by atoms with Gasteiger partial charge in [0.2, 0.25) is 5.95 Å². The van der Waals surface area contributed by atoms with Crippen LogP contribution in [0.25, 0.3) is 0 Å². The van der Waals surface area contributed by atoms with Gasteiger partial charge in [0.05, 0.1) is 12.2 Å². The highest BCUT2D eigenvalue weighted by Gasteiger charge is 2.05. The van der Waals surface area contributed by atoms with Crippen molar-refractivity contribution in [1.29, 1.82) is 0 Å². The van der Waals surface area contributed by atoms with Crippen molar-refractivity contribution in [2.45, 2.75) is 13.8 Å². The number of hydrogen-bond acceptors (Lipinski definition) is 6. The molecule has 1 rings (SSSR count). The molecule has 0 aliphatic carbocycles. The van der Waals surface area contributed by atoms with Gasteiger partial charge in [-0.3, -0.25) is 9.59 Å². The summed E-state index contributed by atoms with van der Waals surface area (Å²) in [4.78, 5) is 29.3. The van der Waals surface area contributed by atoms with Crippen molar-refractivity contribution in [3.8, 4) is 0 Å². The minimum absolute atomic E-state index is 0.00710. The molecule has 0 aliphatic rings. The van der Waals surface area contributed by atoms with E-state index in [9.17, 15) is 9.59 Å². The van der Waals surface area contributed by atoms with Gasteiger partial charge in [-0.05, 0) is 5.92 Å². The molecule has 0 atom stereocenters. The fourth-order valence-corrected chi connectivity index (χ4v) is 0.952. The van der Waals surface area contributed by atoms with Gasteiger partial charge in [-0.25, -0.2) is 9.97 Å². The van der Waals surface area contributed by atoms with Crippen LogP contribution < -0.4 is 5.32 Å². The van der Waals surface area contributed by atoms with E-state index in [2.05, 4.69) is 15.3 Å². The lowest BCUT2D eigenvalue weighted by Crippen LogP contribution is -2.20. The Hall–Kier alpha value is -1.98. The van der Waals surface area contributed by atoms with E-state index >= 15 is 0 Å². The predicted octanol–water partition coefficient (Wildman–Crippen LogP) is 0.900. The lowest BCUT2D eigenvalue weighted by molar-refractivity contribution is -0.142. The van der Waals surface area contributed by atoms with Crippen LogP contribution >= 0.6 is 0 Å². The summed E-state index contributed by atoms with van der Waals surface area (Å²) in [6.07, 6.45) is 3.41. The minimum Gasteiger partial charge on any atom is -0.464 e. The Kier molecular flexibility index (Phi) is 5.06. The molecule has 0 saturated heterocycles. The second kappa shape index (κ2) is 6.57. The molecule has 0 fully saturated rings. The smallest absolute Gasteiger partial charge is 0.325 e. The van der Waals surface area contributed by atoms with E-state index in [0.29, 0.717) is 24.4 Å². The van der Waals surface area contributed by atoms with Gasteiger partial charge in [0, 0.05) is 12.4 Å². The van der Waals surface area contributed by atoms with Crippen molar-refractivity contribution in [3.63, 3.8) is 0 Å². The molecule has 92 valence electrons. The Bertz CT molecular complexity index is 376. The fourth-order valence-electron chi connectivity index (χ4n) is 0.952. The van der Waals surface area contributed by atoms with Crippen LogP contribution in [0.15, 0.2) is 12.4 Å². The van der Waals surface area contributed by atoms with Gasteiger partial charge < -0.3 is 10.1 Å². The highest BCUT2D eigenvalue weighted by molar-refractivity contribution is 5.75. The molecule has 1 aromatic heterocycles. The van der Waals surface area contributed by atoms with E-state index in [0.717, 1.165) is 0 Å². The number of carbonyl (C=O) groups excluding carboxylic acids is 2. The molecule has 0 spiro atoms. The second-order valence-electron chi connectivity index (χ2n) is 3.89. The van der Waals surface area contributed by atoms with Crippen LogP contribution in [0.4, 0.5) is 5.95 Å². The van der Waals surface area contributed by atoms with Crippen LogP contribution in [0.5, 0.6) is 0 Å². The van der Waals surface area contributed by atoms with Gasteiger partial charge in [-0.2, -0.15) is 0 Å². The van der Waals surface area contributed by atoms with Gasteiger partial charge in [-0.15, -0.1) is 0 Å². The van der Waals surface area contributed by atoms with Crippen LogP contribution in [-0.2, 0) is 9.53 Å². The monoisotopic (exact) mass is 237 g/mol. The standard InChI is InChI=1S/C11H15N3O3/c1-8(2)7-17-10(16)5-14-11-12-3-9(6-15)4-13-11/h3-4,6,8H,5,7H2,1-2H3,(H,12,13,14). The van der Waals surface area contributed by atoms with Crippen molar-refractivity contribution in [2.75, 3.05) is 18.5 Å². The number of nitrogens with one attached hydrogen (secondary N) is 1. The molecule has 0 radical (unpaired) electrons. The average molecular weight is 237 g/mol. The zero-order chi connectivity index (χ0) is 12.7. The highest BCUT2D eigenvalue weighted by atomic mass is 16.5. The lowest BCUT2D eigenvalue weighted by Gasteiger charge is -2.07. The van der Waals surface area contributed by atoms with E-state index in [1.54, 1.807) is 0 Å². The number of carbonyl (C=O) groups is 2.